The predicted octanol–water partition coefficient (Wildman–Crippen LogP) is 5.43. The van der Waals surface area contributed by atoms with Crippen LogP contribution in [0.3, 0.4) is 0 Å². The first-order valence-electron chi connectivity index (χ1n) is 21.8. The largest absolute Gasteiger partial charge is 0.369 e. The Morgan fingerprint density at radius 2 is 1.68 bits per heavy atom. The maximum Gasteiger partial charge on any atom is 0.255 e. The second-order valence-corrected chi connectivity index (χ2v) is 16.4. The number of amides is 5. The lowest BCUT2D eigenvalue weighted by atomic mass is 9.91. The normalized spacial score (nSPS) is 18.6. The molecule has 1 aromatic heterocycles. The minimum atomic E-state index is -0.625. The maximum absolute atomic E-state index is 13.3. The molecule has 1 atom stereocenters. The quantitative estimate of drug-likeness (QED) is 0.0899. The smallest absolute Gasteiger partial charge is 0.255 e. The molecule has 5 heterocycles. The van der Waals surface area contributed by atoms with Crippen molar-refractivity contribution in [2.75, 3.05) is 57.3 Å². The molecule has 0 spiro atoms. The minimum Gasteiger partial charge on any atom is -0.369 e. The molecular weight excluding hydrogens is 755 g/mol. The standard InChI is InChI=1S/C48H57N7O5/c56-44(21-15-37-11-9-25-49-34-37)50-26-6-5-10-36-23-28-54(29-24-36)47(59)39-16-18-40(19-17-39)53-32-30-52(31-33-53)27-7-3-1-2-4-12-38-13-8-14-41-42(38)35-55(48(41)60)43-20-22-45(57)51-46(43)58/h8-9,11,13-19,21,25,34,36,43H,1-3,5-7,10,20,22-24,26-33,35H2,(H,50,56)(H,51,57,58)/b21-15+. The molecule has 7 rings (SSSR count). The number of piperazine rings is 1. The molecule has 12 heteroatoms. The molecule has 314 valence electrons. The molecule has 4 aliphatic rings. The van der Waals surface area contributed by atoms with Crippen LogP contribution in [0.1, 0.15) is 108 Å². The number of nitrogens with one attached hydrogen (secondary N) is 2. The van der Waals surface area contributed by atoms with Gasteiger partial charge in [0.25, 0.3) is 11.8 Å². The number of fused-ring (bicyclic) bond motifs is 1. The molecule has 2 N–H and O–H groups in total. The third-order valence-corrected chi connectivity index (χ3v) is 12.3. The topological polar surface area (TPSA) is 135 Å². The van der Waals surface area contributed by atoms with E-state index in [2.05, 4.69) is 49.4 Å². The van der Waals surface area contributed by atoms with Crippen LogP contribution < -0.4 is 15.5 Å². The molecule has 1 unspecified atom stereocenters. The Morgan fingerprint density at radius 1 is 0.867 bits per heavy atom. The fourth-order valence-corrected chi connectivity index (χ4v) is 8.71. The number of rotatable bonds is 15. The van der Waals surface area contributed by atoms with Crippen LogP contribution in [0.2, 0.25) is 0 Å². The third-order valence-electron chi connectivity index (χ3n) is 12.3. The molecular formula is C48H57N7O5. The first-order valence-corrected chi connectivity index (χ1v) is 21.8. The predicted molar refractivity (Wildman–Crippen MR) is 232 cm³/mol. The van der Waals surface area contributed by atoms with Gasteiger partial charge in [-0.1, -0.05) is 43.2 Å². The molecule has 5 amide bonds. The summed E-state index contributed by atoms with van der Waals surface area (Å²) in [5.41, 5.74) is 5.12. The molecule has 0 bridgehead atoms. The Bertz CT molecular complexity index is 2080. The summed E-state index contributed by atoms with van der Waals surface area (Å²) in [5, 5.41) is 5.32. The number of hydrogen-bond donors (Lipinski definition) is 2. The summed E-state index contributed by atoms with van der Waals surface area (Å²) < 4.78 is 0. The SMILES string of the molecule is O=C(/C=C/c1cccnc1)NCCCCC1CCN(C(=O)c2ccc(N3CCN(CCCCCC#Cc4cccc5c4CN(C4CCC(=O)NC4=O)C5=O)CC3)cc2)CC1. The Labute approximate surface area is 353 Å². The monoisotopic (exact) mass is 811 g/mol. The van der Waals surface area contributed by atoms with E-state index in [9.17, 15) is 24.0 Å². The van der Waals surface area contributed by atoms with E-state index >= 15 is 0 Å². The van der Waals surface area contributed by atoms with E-state index in [1.54, 1.807) is 35.5 Å². The highest BCUT2D eigenvalue weighted by Crippen LogP contribution is 2.30. The van der Waals surface area contributed by atoms with Gasteiger partial charge in [-0.25, -0.2) is 0 Å². The fraction of sp³-hybridized carbons (Fsp3) is 0.458. The van der Waals surface area contributed by atoms with E-state index in [-0.39, 0.29) is 30.0 Å². The van der Waals surface area contributed by atoms with Crippen molar-refractivity contribution in [1.82, 2.24) is 30.3 Å². The Morgan fingerprint density at radius 3 is 2.45 bits per heavy atom. The average Bonchev–Trinajstić information content (AvgIpc) is 3.61. The van der Waals surface area contributed by atoms with Gasteiger partial charge in [0.2, 0.25) is 17.7 Å². The van der Waals surface area contributed by atoms with Gasteiger partial charge < -0.3 is 20.0 Å². The molecule has 0 aliphatic carbocycles. The maximum atomic E-state index is 13.3. The van der Waals surface area contributed by atoms with Crippen LogP contribution >= 0.6 is 0 Å². The molecule has 3 aromatic rings. The summed E-state index contributed by atoms with van der Waals surface area (Å²) >= 11 is 0. The molecule has 12 nitrogen and oxygen atoms in total. The highest BCUT2D eigenvalue weighted by molar-refractivity contribution is 6.05. The lowest BCUT2D eigenvalue weighted by Gasteiger charge is -2.36. The van der Waals surface area contributed by atoms with Crippen LogP contribution in [0.5, 0.6) is 0 Å². The van der Waals surface area contributed by atoms with Crippen molar-refractivity contribution in [3.05, 3.63) is 101 Å². The summed E-state index contributed by atoms with van der Waals surface area (Å²) in [6.07, 6.45) is 16.6. The van der Waals surface area contributed by atoms with Gasteiger partial charge in [0.15, 0.2) is 0 Å². The van der Waals surface area contributed by atoms with E-state index in [1.807, 2.05) is 41.3 Å². The number of anilines is 1. The fourth-order valence-electron chi connectivity index (χ4n) is 8.71. The Hall–Kier alpha value is -5.80. The van der Waals surface area contributed by atoms with Crippen molar-refractivity contribution in [3.8, 4) is 11.8 Å². The molecule has 0 saturated carbocycles. The molecule has 3 saturated heterocycles. The summed E-state index contributed by atoms with van der Waals surface area (Å²) in [4.78, 5) is 75.1. The second kappa shape index (κ2) is 20.9. The molecule has 60 heavy (non-hydrogen) atoms. The van der Waals surface area contributed by atoms with Gasteiger partial charge in [-0.15, -0.1) is 0 Å². The third kappa shape index (κ3) is 11.3. The van der Waals surface area contributed by atoms with Crippen LogP contribution in [-0.2, 0) is 20.9 Å². The van der Waals surface area contributed by atoms with Gasteiger partial charge in [0, 0.05) is 106 Å². The number of nitrogens with zero attached hydrogens (tertiary/aromatic N) is 5. The molecule has 0 radical (unpaired) electrons. The van der Waals surface area contributed by atoms with Gasteiger partial charge in [0.1, 0.15) is 6.04 Å². The van der Waals surface area contributed by atoms with E-state index < -0.39 is 11.9 Å². The first kappa shape index (κ1) is 42.3. The van der Waals surface area contributed by atoms with Gasteiger partial charge in [0.05, 0.1) is 0 Å². The number of unbranched alkanes of at least 4 members (excludes halogenated alkanes) is 4. The van der Waals surface area contributed by atoms with Crippen LogP contribution in [0.15, 0.2) is 73.1 Å². The Kier molecular flexibility index (Phi) is 14.8. The van der Waals surface area contributed by atoms with E-state index in [0.29, 0.717) is 31.0 Å². The van der Waals surface area contributed by atoms with Gasteiger partial charge in [-0.3, -0.25) is 39.2 Å². The Balaban J connectivity index is 0.740. The zero-order chi connectivity index (χ0) is 41.7. The van der Waals surface area contributed by atoms with E-state index in [0.717, 1.165) is 126 Å². The van der Waals surface area contributed by atoms with Gasteiger partial charge >= 0.3 is 0 Å². The van der Waals surface area contributed by atoms with Gasteiger partial charge in [-0.05, 0) is 111 Å². The molecule has 2 aromatic carbocycles. The van der Waals surface area contributed by atoms with E-state index in [1.165, 1.54) is 5.69 Å². The summed E-state index contributed by atoms with van der Waals surface area (Å²) in [6, 6.07) is 16.9. The number of hydrogen-bond acceptors (Lipinski definition) is 8. The van der Waals surface area contributed by atoms with Crippen molar-refractivity contribution >= 4 is 41.3 Å². The lowest BCUT2D eigenvalue weighted by Crippen LogP contribution is -2.52. The summed E-state index contributed by atoms with van der Waals surface area (Å²) in [5.74, 6) is 6.38. The van der Waals surface area contributed by atoms with Crippen molar-refractivity contribution in [2.45, 2.75) is 83.2 Å². The van der Waals surface area contributed by atoms with Crippen molar-refractivity contribution in [1.29, 1.82) is 0 Å². The number of carbonyl (C=O) groups is 5. The van der Waals surface area contributed by atoms with Crippen LogP contribution in [0.25, 0.3) is 6.08 Å². The second-order valence-electron chi connectivity index (χ2n) is 16.4. The number of pyridine rings is 1. The summed E-state index contributed by atoms with van der Waals surface area (Å²) in [6.45, 7) is 7.63. The number of likely N-dealkylation sites (tertiary alicyclic amines) is 1. The van der Waals surface area contributed by atoms with Gasteiger partial charge in [-0.2, -0.15) is 0 Å². The highest BCUT2D eigenvalue weighted by atomic mass is 16.2. The number of imide groups is 1. The summed E-state index contributed by atoms with van der Waals surface area (Å²) in [7, 11) is 0. The lowest BCUT2D eigenvalue weighted by molar-refractivity contribution is -0.137. The molecule has 4 aliphatic heterocycles. The number of carbonyl (C=O) groups excluding carboxylic acids is 5. The van der Waals surface area contributed by atoms with Crippen LogP contribution in [-0.4, -0.2) is 108 Å². The number of aromatic nitrogens is 1. The molecule has 3 fully saturated rings. The zero-order valence-corrected chi connectivity index (χ0v) is 34.6. The number of benzene rings is 2. The first-order chi connectivity index (χ1) is 29.3. The van der Waals surface area contributed by atoms with Crippen molar-refractivity contribution < 1.29 is 24.0 Å². The van der Waals surface area contributed by atoms with E-state index in [4.69, 9.17) is 0 Å². The zero-order valence-electron chi connectivity index (χ0n) is 34.6. The average molecular weight is 812 g/mol. The minimum absolute atomic E-state index is 0.0836. The highest BCUT2D eigenvalue weighted by Gasteiger charge is 2.39. The van der Waals surface area contributed by atoms with Crippen molar-refractivity contribution in [2.24, 2.45) is 5.92 Å². The van der Waals surface area contributed by atoms with Crippen LogP contribution in [0.4, 0.5) is 5.69 Å². The number of piperidine rings is 2. The van der Waals surface area contributed by atoms with Crippen molar-refractivity contribution in [3.63, 3.8) is 0 Å². The van der Waals surface area contributed by atoms with Crippen LogP contribution in [0, 0.1) is 17.8 Å².